The summed E-state index contributed by atoms with van der Waals surface area (Å²) >= 11 is 0. The van der Waals surface area contributed by atoms with Crippen molar-refractivity contribution < 1.29 is 9.59 Å². The fraction of sp³-hybridized carbons (Fsp3) is 0.481. The molecule has 0 spiro atoms. The van der Waals surface area contributed by atoms with Crippen molar-refractivity contribution in [1.29, 1.82) is 0 Å². The molecular formula is C27H34N6O2. The number of fused-ring (bicyclic) bond motifs is 1. The summed E-state index contributed by atoms with van der Waals surface area (Å²) in [6.07, 6.45) is 5.58. The number of aryl methyl sites for hydroxylation is 1. The van der Waals surface area contributed by atoms with Crippen LogP contribution in [0.15, 0.2) is 24.3 Å². The van der Waals surface area contributed by atoms with Crippen LogP contribution in [-0.2, 0) is 5.54 Å². The normalized spacial score (nSPS) is 16.5. The quantitative estimate of drug-likeness (QED) is 0.557. The number of aromatic nitrogens is 3. The smallest absolute Gasteiger partial charge is 0.256 e. The zero-order chi connectivity index (χ0) is 24.9. The molecule has 1 aromatic carbocycles. The third-order valence-electron chi connectivity index (χ3n) is 6.93. The van der Waals surface area contributed by atoms with Crippen LogP contribution in [0.25, 0.3) is 11.0 Å². The van der Waals surface area contributed by atoms with E-state index in [1.54, 1.807) is 12.1 Å². The first kappa shape index (κ1) is 23.3. The number of primary amides is 1. The lowest BCUT2D eigenvalue weighted by atomic mass is 10.0. The van der Waals surface area contributed by atoms with Gasteiger partial charge >= 0.3 is 0 Å². The lowest BCUT2D eigenvalue weighted by Crippen LogP contribution is -2.30. The van der Waals surface area contributed by atoms with Crippen molar-refractivity contribution in [2.24, 2.45) is 5.73 Å². The van der Waals surface area contributed by atoms with Gasteiger partial charge in [0.05, 0.1) is 33.6 Å². The summed E-state index contributed by atoms with van der Waals surface area (Å²) in [5.41, 5.74) is 10.2. The van der Waals surface area contributed by atoms with Crippen LogP contribution in [0.3, 0.4) is 0 Å². The highest BCUT2D eigenvalue weighted by Crippen LogP contribution is 2.41. The van der Waals surface area contributed by atoms with Crippen LogP contribution in [0.4, 0.5) is 11.4 Å². The maximum absolute atomic E-state index is 13.8. The largest absolute Gasteiger partial charge is 0.370 e. The number of carbonyl (C=O) groups is 2. The maximum atomic E-state index is 13.8. The Hall–Kier alpha value is -3.42. The molecule has 184 valence electrons. The molecule has 0 atom stereocenters. The van der Waals surface area contributed by atoms with Crippen molar-refractivity contribution in [3.05, 3.63) is 46.8 Å². The van der Waals surface area contributed by atoms with E-state index in [-0.39, 0.29) is 11.4 Å². The van der Waals surface area contributed by atoms with Crippen LogP contribution in [0.2, 0.25) is 0 Å². The van der Waals surface area contributed by atoms with E-state index >= 15 is 0 Å². The van der Waals surface area contributed by atoms with E-state index in [2.05, 4.69) is 31.0 Å². The maximum Gasteiger partial charge on any atom is 0.256 e. The Balaban J connectivity index is 1.60. The summed E-state index contributed by atoms with van der Waals surface area (Å²) in [6, 6.07) is 7.24. The van der Waals surface area contributed by atoms with Gasteiger partial charge in [-0.25, -0.2) is 9.67 Å². The first-order valence-electron chi connectivity index (χ1n) is 12.5. The molecule has 5 rings (SSSR count). The lowest BCUT2D eigenvalue weighted by Gasteiger charge is -2.30. The molecular weight excluding hydrogens is 440 g/mol. The Bertz CT molecular complexity index is 1310. The first-order valence-corrected chi connectivity index (χ1v) is 12.5. The van der Waals surface area contributed by atoms with E-state index in [0.29, 0.717) is 22.7 Å². The molecule has 2 aromatic heterocycles. The summed E-state index contributed by atoms with van der Waals surface area (Å²) in [5, 5.41) is 8.66. The second-order valence-corrected chi connectivity index (χ2v) is 10.8. The van der Waals surface area contributed by atoms with Gasteiger partial charge in [-0.15, -0.1) is 0 Å². The molecule has 8 nitrogen and oxygen atoms in total. The van der Waals surface area contributed by atoms with Gasteiger partial charge in [-0.3, -0.25) is 9.59 Å². The van der Waals surface area contributed by atoms with E-state index in [9.17, 15) is 9.59 Å². The Labute approximate surface area is 205 Å². The number of hydrogen-bond donors (Lipinski definition) is 2. The number of piperidine rings is 1. The van der Waals surface area contributed by atoms with Gasteiger partial charge in [0.25, 0.3) is 5.91 Å². The highest BCUT2D eigenvalue weighted by molar-refractivity contribution is 6.14. The number of amides is 2. The summed E-state index contributed by atoms with van der Waals surface area (Å²) < 4.78 is 1.92. The molecule has 0 bridgehead atoms. The molecule has 0 unspecified atom stereocenters. The van der Waals surface area contributed by atoms with Gasteiger partial charge in [-0.05, 0) is 84.1 Å². The van der Waals surface area contributed by atoms with E-state index in [1.807, 2.05) is 23.7 Å². The highest BCUT2D eigenvalue weighted by Gasteiger charge is 2.31. The van der Waals surface area contributed by atoms with Crippen LogP contribution in [-0.4, -0.2) is 39.7 Å². The third kappa shape index (κ3) is 4.49. The molecule has 3 aromatic rings. The minimum absolute atomic E-state index is 0.226. The summed E-state index contributed by atoms with van der Waals surface area (Å²) in [4.78, 5) is 33.0. The van der Waals surface area contributed by atoms with Crippen molar-refractivity contribution in [3.8, 4) is 0 Å². The van der Waals surface area contributed by atoms with Gasteiger partial charge in [0.2, 0.25) is 5.91 Å². The summed E-state index contributed by atoms with van der Waals surface area (Å²) in [5.74, 6) is -0.359. The molecule has 2 fully saturated rings. The average molecular weight is 475 g/mol. The molecule has 2 aliphatic rings. The predicted molar refractivity (Wildman–Crippen MR) is 138 cm³/mol. The van der Waals surface area contributed by atoms with Crippen molar-refractivity contribution in [3.63, 3.8) is 0 Å². The SMILES string of the molecule is Cc1nn(C(C)(C)C)c2nc(C3CC3)cc(C(=O)Nc3cc(C(N)=O)ccc3N3CCCCC3)c12. The molecule has 1 saturated heterocycles. The van der Waals surface area contributed by atoms with Crippen LogP contribution in [0.1, 0.15) is 90.9 Å². The number of anilines is 2. The zero-order valence-corrected chi connectivity index (χ0v) is 21.0. The van der Waals surface area contributed by atoms with Crippen molar-refractivity contribution in [2.45, 2.75) is 71.3 Å². The summed E-state index contributed by atoms with van der Waals surface area (Å²) in [6.45, 7) is 10.0. The van der Waals surface area contributed by atoms with Crippen molar-refractivity contribution in [1.82, 2.24) is 14.8 Å². The van der Waals surface area contributed by atoms with Gasteiger partial charge in [0, 0.05) is 30.3 Å². The van der Waals surface area contributed by atoms with Gasteiger partial charge in [0.1, 0.15) is 0 Å². The van der Waals surface area contributed by atoms with Crippen LogP contribution in [0, 0.1) is 6.92 Å². The molecule has 1 aliphatic heterocycles. The molecule has 0 radical (unpaired) electrons. The van der Waals surface area contributed by atoms with E-state index in [4.69, 9.17) is 15.8 Å². The number of nitrogens with two attached hydrogens (primary N) is 1. The molecule has 8 heteroatoms. The Morgan fingerprint density at radius 2 is 1.80 bits per heavy atom. The minimum Gasteiger partial charge on any atom is -0.370 e. The lowest BCUT2D eigenvalue weighted by molar-refractivity contribution is 0.0996. The number of benzene rings is 1. The highest BCUT2D eigenvalue weighted by atomic mass is 16.2. The third-order valence-corrected chi connectivity index (χ3v) is 6.93. The van der Waals surface area contributed by atoms with Crippen LogP contribution in [0.5, 0.6) is 0 Å². The van der Waals surface area contributed by atoms with Gasteiger partial charge in [-0.1, -0.05) is 0 Å². The number of hydrogen-bond acceptors (Lipinski definition) is 5. The fourth-order valence-corrected chi connectivity index (χ4v) is 4.93. The van der Waals surface area contributed by atoms with Crippen LogP contribution >= 0.6 is 0 Å². The molecule has 3 heterocycles. The Morgan fingerprint density at radius 3 is 2.43 bits per heavy atom. The minimum atomic E-state index is -0.518. The van der Waals surface area contributed by atoms with E-state index in [1.165, 1.54) is 6.42 Å². The van der Waals surface area contributed by atoms with Gasteiger partial charge in [0.15, 0.2) is 5.65 Å². The number of rotatable bonds is 5. The molecule has 1 saturated carbocycles. The Morgan fingerprint density at radius 1 is 1.09 bits per heavy atom. The molecule has 35 heavy (non-hydrogen) atoms. The van der Waals surface area contributed by atoms with Gasteiger partial charge in [-0.2, -0.15) is 5.10 Å². The standard InChI is InChI=1S/C27H34N6O2/c1-16-23-19(15-20(17-8-9-17)29-25(23)33(31-16)27(2,3)4)26(35)30-21-14-18(24(28)34)10-11-22(21)32-12-6-5-7-13-32/h10-11,14-15,17H,5-9,12-13H2,1-4H3,(H2,28,34)(H,30,35). The number of carbonyl (C=O) groups excluding carboxylic acids is 2. The first-order chi connectivity index (χ1) is 16.6. The monoisotopic (exact) mass is 474 g/mol. The number of nitrogens with one attached hydrogen (secondary N) is 1. The topological polar surface area (TPSA) is 106 Å². The average Bonchev–Trinajstić information content (AvgIpc) is 3.61. The molecule has 3 N–H and O–H groups in total. The van der Waals surface area contributed by atoms with Gasteiger partial charge < -0.3 is 16.0 Å². The van der Waals surface area contributed by atoms with E-state index in [0.717, 1.165) is 66.9 Å². The van der Waals surface area contributed by atoms with Crippen molar-refractivity contribution in [2.75, 3.05) is 23.3 Å². The predicted octanol–water partition coefficient (Wildman–Crippen LogP) is 4.71. The Kier molecular flexibility index (Phi) is 5.77. The van der Waals surface area contributed by atoms with E-state index < -0.39 is 5.91 Å². The van der Waals surface area contributed by atoms with Crippen molar-refractivity contribution >= 4 is 34.2 Å². The molecule has 2 amide bonds. The fourth-order valence-electron chi connectivity index (χ4n) is 4.93. The zero-order valence-electron chi connectivity index (χ0n) is 21.0. The summed E-state index contributed by atoms with van der Waals surface area (Å²) in [7, 11) is 0. The molecule has 1 aliphatic carbocycles. The second-order valence-electron chi connectivity index (χ2n) is 10.8. The number of pyridine rings is 1. The number of nitrogens with zero attached hydrogens (tertiary/aromatic N) is 4. The van der Waals surface area contributed by atoms with Crippen LogP contribution < -0.4 is 16.0 Å². The second kappa shape index (κ2) is 8.66.